The number of aryl methyl sites for hydroxylation is 1. The average molecular weight is 333 g/mol. The first-order valence-electron chi connectivity index (χ1n) is 7.59. The Morgan fingerprint density at radius 2 is 2.35 bits per heavy atom. The number of rotatable bonds is 6. The summed E-state index contributed by atoms with van der Waals surface area (Å²) in [6, 6.07) is 7.86. The van der Waals surface area contributed by atoms with Crippen LogP contribution in [0.5, 0.6) is 0 Å². The van der Waals surface area contributed by atoms with Gasteiger partial charge < -0.3 is 10.1 Å². The maximum Gasteiger partial charge on any atom is 0.230 e. The van der Waals surface area contributed by atoms with Crippen molar-refractivity contribution in [2.24, 2.45) is 0 Å². The van der Waals surface area contributed by atoms with Crippen molar-refractivity contribution >= 4 is 17.7 Å². The van der Waals surface area contributed by atoms with Gasteiger partial charge in [0, 0.05) is 13.2 Å². The first kappa shape index (κ1) is 15.9. The molecule has 0 spiro atoms. The summed E-state index contributed by atoms with van der Waals surface area (Å²) in [5, 5.41) is 15.2. The lowest BCUT2D eigenvalue weighted by Gasteiger charge is -2.10. The van der Waals surface area contributed by atoms with Crippen LogP contribution in [0.1, 0.15) is 18.4 Å². The van der Waals surface area contributed by atoms with E-state index in [1.165, 1.54) is 11.8 Å². The molecule has 7 nitrogen and oxygen atoms in total. The van der Waals surface area contributed by atoms with Crippen LogP contribution in [0.3, 0.4) is 0 Å². The fraction of sp³-hybridized carbons (Fsp3) is 0.467. The highest BCUT2D eigenvalue weighted by molar-refractivity contribution is 7.99. The zero-order chi connectivity index (χ0) is 16.1. The summed E-state index contributed by atoms with van der Waals surface area (Å²) >= 11 is 1.32. The van der Waals surface area contributed by atoms with E-state index in [4.69, 9.17) is 4.74 Å². The van der Waals surface area contributed by atoms with E-state index in [0.717, 1.165) is 30.7 Å². The van der Waals surface area contributed by atoms with Gasteiger partial charge in [0.05, 0.1) is 17.5 Å². The SMILES string of the molecule is Cc1ccccc1-n1nnnc1SCC(=O)NC[C@H]1CCCO1. The van der Waals surface area contributed by atoms with Crippen molar-refractivity contribution in [3.8, 4) is 5.69 Å². The smallest absolute Gasteiger partial charge is 0.230 e. The minimum atomic E-state index is -0.0372. The lowest BCUT2D eigenvalue weighted by Crippen LogP contribution is -2.32. The number of benzene rings is 1. The molecule has 122 valence electrons. The van der Waals surface area contributed by atoms with Crippen LogP contribution in [-0.4, -0.2) is 51.1 Å². The molecule has 1 N–H and O–H groups in total. The molecule has 1 fully saturated rings. The number of hydrogen-bond donors (Lipinski definition) is 1. The van der Waals surface area contributed by atoms with E-state index in [1.807, 2.05) is 31.2 Å². The van der Waals surface area contributed by atoms with Crippen molar-refractivity contribution in [3.05, 3.63) is 29.8 Å². The van der Waals surface area contributed by atoms with Gasteiger partial charge in [0.1, 0.15) is 0 Å². The van der Waals surface area contributed by atoms with Gasteiger partial charge >= 0.3 is 0 Å². The molecule has 23 heavy (non-hydrogen) atoms. The van der Waals surface area contributed by atoms with Crippen molar-refractivity contribution in [2.45, 2.75) is 31.0 Å². The van der Waals surface area contributed by atoms with Crippen LogP contribution in [0.2, 0.25) is 0 Å². The lowest BCUT2D eigenvalue weighted by molar-refractivity contribution is -0.119. The van der Waals surface area contributed by atoms with Gasteiger partial charge in [-0.3, -0.25) is 4.79 Å². The lowest BCUT2D eigenvalue weighted by atomic mass is 10.2. The zero-order valence-electron chi connectivity index (χ0n) is 12.9. The fourth-order valence-corrected chi connectivity index (χ4v) is 3.15. The summed E-state index contributed by atoms with van der Waals surface area (Å²) in [5.41, 5.74) is 1.99. The molecule has 2 heterocycles. The van der Waals surface area contributed by atoms with Crippen LogP contribution < -0.4 is 5.32 Å². The molecule has 1 aliphatic rings. The largest absolute Gasteiger partial charge is 0.376 e. The van der Waals surface area contributed by atoms with E-state index in [9.17, 15) is 4.79 Å². The van der Waals surface area contributed by atoms with Crippen LogP contribution in [0.4, 0.5) is 0 Å². The van der Waals surface area contributed by atoms with E-state index in [1.54, 1.807) is 4.68 Å². The number of ether oxygens (including phenoxy) is 1. The predicted molar refractivity (Wildman–Crippen MR) is 86.6 cm³/mol. The maximum atomic E-state index is 11.9. The minimum absolute atomic E-state index is 0.0372. The Balaban J connectivity index is 1.55. The van der Waals surface area contributed by atoms with Crippen LogP contribution in [-0.2, 0) is 9.53 Å². The number of carbonyl (C=O) groups excluding carboxylic acids is 1. The van der Waals surface area contributed by atoms with Crippen molar-refractivity contribution < 1.29 is 9.53 Å². The molecule has 3 rings (SSSR count). The zero-order valence-corrected chi connectivity index (χ0v) is 13.8. The summed E-state index contributed by atoms with van der Waals surface area (Å²) in [6.45, 7) is 3.36. The number of carbonyl (C=O) groups is 1. The van der Waals surface area contributed by atoms with E-state index >= 15 is 0 Å². The third-order valence-corrected chi connectivity index (χ3v) is 4.59. The molecule has 1 amide bonds. The standard InChI is InChI=1S/C15H19N5O2S/c1-11-5-2-3-7-13(11)20-15(17-18-19-20)23-10-14(21)16-9-12-6-4-8-22-12/h2-3,5,7,12H,4,6,8-10H2,1H3,(H,16,21)/t12-/m1/s1. The van der Waals surface area contributed by atoms with E-state index in [2.05, 4.69) is 20.8 Å². The molecular formula is C15H19N5O2S. The minimum Gasteiger partial charge on any atom is -0.376 e. The fourth-order valence-electron chi connectivity index (χ4n) is 2.44. The highest BCUT2D eigenvalue weighted by Gasteiger charge is 2.17. The Morgan fingerprint density at radius 3 is 3.13 bits per heavy atom. The van der Waals surface area contributed by atoms with Gasteiger partial charge in [0.2, 0.25) is 11.1 Å². The molecule has 8 heteroatoms. The third kappa shape index (κ3) is 4.08. The molecular weight excluding hydrogens is 314 g/mol. The van der Waals surface area contributed by atoms with Gasteiger partial charge in [0.15, 0.2) is 0 Å². The monoisotopic (exact) mass is 333 g/mol. The normalized spacial score (nSPS) is 17.3. The van der Waals surface area contributed by atoms with Crippen molar-refractivity contribution in [1.82, 2.24) is 25.5 Å². The Kier molecular flexibility index (Phi) is 5.24. The second kappa shape index (κ2) is 7.56. The van der Waals surface area contributed by atoms with Crippen LogP contribution >= 0.6 is 11.8 Å². The summed E-state index contributed by atoms with van der Waals surface area (Å²) in [7, 11) is 0. The summed E-state index contributed by atoms with van der Waals surface area (Å²) in [5.74, 6) is 0.240. The van der Waals surface area contributed by atoms with E-state index in [-0.39, 0.29) is 17.8 Å². The number of tetrazole rings is 1. The van der Waals surface area contributed by atoms with Crippen LogP contribution in [0.15, 0.2) is 29.4 Å². The second-order valence-electron chi connectivity index (χ2n) is 5.39. The summed E-state index contributed by atoms with van der Waals surface area (Å²) < 4.78 is 7.15. The molecule has 0 saturated carbocycles. The van der Waals surface area contributed by atoms with Gasteiger partial charge in [-0.05, 0) is 41.8 Å². The molecule has 1 atom stereocenters. The molecule has 1 saturated heterocycles. The first-order valence-corrected chi connectivity index (χ1v) is 8.58. The molecule has 2 aromatic rings. The Bertz CT molecular complexity index is 669. The number of thioether (sulfide) groups is 1. The van der Waals surface area contributed by atoms with Gasteiger partial charge in [-0.15, -0.1) is 5.10 Å². The number of aromatic nitrogens is 4. The number of hydrogen-bond acceptors (Lipinski definition) is 6. The van der Waals surface area contributed by atoms with Crippen LogP contribution in [0.25, 0.3) is 5.69 Å². The first-order chi connectivity index (χ1) is 11.2. The molecule has 0 radical (unpaired) electrons. The summed E-state index contributed by atoms with van der Waals surface area (Å²) in [4.78, 5) is 11.9. The number of nitrogens with one attached hydrogen (secondary N) is 1. The van der Waals surface area contributed by atoms with Gasteiger partial charge in [-0.2, -0.15) is 4.68 Å². The number of amides is 1. The van der Waals surface area contributed by atoms with Crippen molar-refractivity contribution in [3.63, 3.8) is 0 Å². The van der Waals surface area contributed by atoms with Crippen molar-refractivity contribution in [1.29, 1.82) is 0 Å². The van der Waals surface area contributed by atoms with Crippen molar-refractivity contribution in [2.75, 3.05) is 18.9 Å². The molecule has 1 aromatic heterocycles. The summed E-state index contributed by atoms with van der Waals surface area (Å²) in [6.07, 6.45) is 2.24. The topological polar surface area (TPSA) is 81.9 Å². The van der Waals surface area contributed by atoms with Crippen LogP contribution in [0, 0.1) is 6.92 Å². The number of nitrogens with zero attached hydrogens (tertiary/aromatic N) is 4. The second-order valence-corrected chi connectivity index (χ2v) is 6.33. The highest BCUT2D eigenvalue weighted by Crippen LogP contribution is 2.20. The quantitative estimate of drug-likeness (QED) is 0.804. The molecule has 0 unspecified atom stereocenters. The Labute approximate surface area is 138 Å². The third-order valence-electron chi connectivity index (χ3n) is 3.67. The van der Waals surface area contributed by atoms with Gasteiger partial charge in [0.25, 0.3) is 0 Å². The van der Waals surface area contributed by atoms with Gasteiger partial charge in [-0.25, -0.2) is 0 Å². The average Bonchev–Trinajstić information content (AvgIpc) is 3.23. The molecule has 1 aromatic carbocycles. The number of para-hydroxylation sites is 1. The molecule has 1 aliphatic heterocycles. The Hall–Kier alpha value is -1.93. The Morgan fingerprint density at radius 1 is 1.48 bits per heavy atom. The predicted octanol–water partition coefficient (Wildman–Crippen LogP) is 1.36. The highest BCUT2D eigenvalue weighted by atomic mass is 32.2. The molecule has 0 aliphatic carbocycles. The maximum absolute atomic E-state index is 11.9. The van der Waals surface area contributed by atoms with E-state index in [0.29, 0.717) is 11.7 Å². The van der Waals surface area contributed by atoms with Gasteiger partial charge in [-0.1, -0.05) is 30.0 Å². The van der Waals surface area contributed by atoms with E-state index < -0.39 is 0 Å². The molecule has 0 bridgehead atoms.